The monoisotopic (exact) mass is 436 g/mol. The Labute approximate surface area is 189 Å². The summed E-state index contributed by atoms with van der Waals surface area (Å²) < 4.78 is 0. The molecule has 0 spiro atoms. The first kappa shape index (κ1) is 20.5. The number of pyridine rings is 1. The van der Waals surface area contributed by atoms with Crippen LogP contribution in [0.5, 0.6) is 0 Å². The standard InChI is InChI=1S/C25H20N6O2/c1-25(28-11-10-26)20-8-4-5-9-22(20)31(24(25)33)17-12-16(14-27-15-17)13-21-18-6-2-3-7-19(18)23(32)30-29-21/h2-9,12,14-15,28H,11,13H2,1H3,(H,30,32). The number of nitrogens with one attached hydrogen (secondary N) is 2. The number of benzene rings is 2. The van der Waals surface area contributed by atoms with Gasteiger partial charge in [0.15, 0.2) is 0 Å². The third-order valence-corrected chi connectivity index (χ3v) is 6.02. The van der Waals surface area contributed by atoms with Gasteiger partial charge in [-0.15, -0.1) is 0 Å². The molecule has 0 fully saturated rings. The molecule has 8 heteroatoms. The number of nitrogens with zero attached hydrogens (tertiary/aromatic N) is 4. The van der Waals surface area contributed by atoms with E-state index in [1.54, 1.807) is 30.3 Å². The number of para-hydroxylation sites is 1. The Hall–Kier alpha value is -4.35. The Morgan fingerprint density at radius 2 is 1.85 bits per heavy atom. The lowest BCUT2D eigenvalue weighted by atomic mass is 9.93. The van der Waals surface area contributed by atoms with Crippen molar-refractivity contribution in [3.05, 3.63) is 94.2 Å². The fraction of sp³-hybridized carbons (Fsp3) is 0.160. The molecule has 3 heterocycles. The molecule has 162 valence electrons. The van der Waals surface area contributed by atoms with Crippen LogP contribution in [-0.2, 0) is 16.8 Å². The number of H-pyrrole nitrogens is 1. The molecule has 1 aliphatic heterocycles. The third kappa shape index (κ3) is 3.35. The fourth-order valence-corrected chi connectivity index (χ4v) is 4.38. The molecular weight excluding hydrogens is 416 g/mol. The number of amides is 1. The fourth-order valence-electron chi connectivity index (χ4n) is 4.38. The smallest absolute Gasteiger partial charge is 0.272 e. The quantitative estimate of drug-likeness (QED) is 0.465. The number of aromatic amines is 1. The van der Waals surface area contributed by atoms with Gasteiger partial charge in [0, 0.05) is 23.6 Å². The summed E-state index contributed by atoms with van der Waals surface area (Å²) in [5, 5.41) is 20.3. The highest BCUT2D eigenvalue weighted by molar-refractivity contribution is 6.12. The van der Waals surface area contributed by atoms with E-state index in [2.05, 4.69) is 26.6 Å². The topological polar surface area (TPSA) is 115 Å². The van der Waals surface area contributed by atoms with Crippen LogP contribution in [0.2, 0.25) is 0 Å². The zero-order valence-corrected chi connectivity index (χ0v) is 17.9. The average molecular weight is 436 g/mol. The molecule has 5 rings (SSSR count). The van der Waals surface area contributed by atoms with E-state index in [-0.39, 0.29) is 18.0 Å². The van der Waals surface area contributed by atoms with Crippen LogP contribution in [0.1, 0.15) is 23.7 Å². The Balaban J connectivity index is 1.54. The van der Waals surface area contributed by atoms with E-state index in [4.69, 9.17) is 5.26 Å². The van der Waals surface area contributed by atoms with Gasteiger partial charge in [-0.05, 0) is 30.7 Å². The molecule has 0 radical (unpaired) electrons. The van der Waals surface area contributed by atoms with Crippen LogP contribution in [0.4, 0.5) is 11.4 Å². The normalized spacial score (nSPS) is 17.2. The zero-order valence-electron chi connectivity index (χ0n) is 17.9. The molecule has 4 aromatic rings. The van der Waals surface area contributed by atoms with Gasteiger partial charge in [-0.25, -0.2) is 5.10 Å². The minimum Gasteiger partial charge on any atom is -0.287 e. The highest BCUT2D eigenvalue weighted by atomic mass is 16.2. The molecule has 0 bridgehead atoms. The van der Waals surface area contributed by atoms with Gasteiger partial charge in [-0.2, -0.15) is 10.4 Å². The second kappa shape index (κ2) is 7.97. The molecule has 0 saturated heterocycles. The maximum absolute atomic E-state index is 13.5. The van der Waals surface area contributed by atoms with Crippen molar-refractivity contribution in [2.75, 3.05) is 11.4 Å². The number of fused-ring (bicyclic) bond motifs is 2. The Morgan fingerprint density at radius 1 is 1.09 bits per heavy atom. The van der Waals surface area contributed by atoms with Crippen molar-refractivity contribution in [3.8, 4) is 6.07 Å². The number of aromatic nitrogens is 3. The van der Waals surface area contributed by atoms with Crippen LogP contribution < -0.4 is 15.8 Å². The summed E-state index contributed by atoms with van der Waals surface area (Å²) in [5.41, 5.74) is 2.51. The number of carbonyl (C=O) groups excluding carboxylic acids is 1. The van der Waals surface area contributed by atoms with E-state index in [1.807, 2.05) is 48.5 Å². The zero-order chi connectivity index (χ0) is 23.0. The predicted octanol–water partition coefficient (Wildman–Crippen LogP) is 2.92. The third-order valence-electron chi connectivity index (χ3n) is 6.02. The SMILES string of the molecule is CC1(NCC#N)C(=O)N(c2cncc(Cc3n[nH]c(=O)c4ccccc34)c2)c2ccccc21. The van der Waals surface area contributed by atoms with Gasteiger partial charge in [0.25, 0.3) is 11.5 Å². The van der Waals surface area contributed by atoms with E-state index in [1.165, 1.54) is 0 Å². The first-order valence-electron chi connectivity index (χ1n) is 10.5. The van der Waals surface area contributed by atoms with E-state index < -0.39 is 5.54 Å². The van der Waals surface area contributed by atoms with Crippen LogP contribution in [0, 0.1) is 11.3 Å². The molecule has 1 unspecified atom stereocenters. The minimum atomic E-state index is -1.01. The Kier molecular flexibility index (Phi) is 4.96. The van der Waals surface area contributed by atoms with Gasteiger partial charge >= 0.3 is 0 Å². The van der Waals surface area contributed by atoms with Gasteiger partial charge in [0.2, 0.25) is 0 Å². The number of carbonyl (C=O) groups is 1. The van der Waals surface area contributed by atoms with Crippen LogP contribution in [0.25, 0.3) is 10.8 Å². The highest BCUT2D eigenvalue weighted by Gasteiger charge is 2.47. The molecule has 1 amide bonds. The first-order chi connectivity index (χ1) is 16.0. The van der Waals surface area contributed by atoms with Crippen molar-refractivity contribution in [1.29, 1.82) is 5.26 Å². The van der Waals surface area contributed by atoms with Gasteiger partial charge in [0.05, 0.1) is 41.3 Å². The maximum atomic E-state index is 13.5. The highest BCUT2D eigenvalue weighted by Crippen LogP contribution is 2.44. The molecule has 1 atom stereocenters. The average Bonchev–Trinajstić information content (AvgIpc) is 3.07. The summed E-state index contributed by atoms with van der Waals surface area (Å²) in [5.74, 6) is -0.175. The maximum Gasteiger partial charge on any atom is 0.272 e. The summed E-state index contributed by atoms with van der Waals surface area (Å²) in [6.45, 7) is 1.84. The van der Waals surface area contributed by atoms with Crippen LogP contribution in [0.3, 0.4) is 0 Å². The second-order valence-corrected chi connectivity index (χ2v) is 8.07. The number of hydrogen-bond donors (Lipinski definition) is 2. The van der Waals surface area contributed by atoms with Crippen LogP contribution in [0.15, 0.2) is 71.8 Å². The Bertz CT molecular complexity index is 1490. The number of hydrogen-bond acceptors (Lipinski definition) is 6. The van der Waals surface area contributed by atoms with Gasteiger partial charge in [-0.1, -0.05) is 36.4 Å². The molecule has 2 N–H and O–H groups in total. The molecule has 1 aliphatic rings. The molecule has 8 nitrogen and oxygen atoms in total. The van der Waals surface area contributed by atoms with Gasteiger partial charge < -0.3 is 0 Å². The summed E-state index contributed by atoms with van der Waals surface area (Å²) in [7, 11) is 0. The number of anilines is 2. The molecule has 2 aromatic carbocycles. The van der Waals surface area contributed by atoms with Crippen LogP contribution >= 0.6 is 0 Å². The lowest BCUT2D eigenvalue weighted by molar-refractivity contribution is -0.122. The van der Waals surface area contributed by atoms with Crippen molar-refractivity contribution in [2.24, 2.45) is 0 Å². The summed E-state index contributed by atoms with van der Waals surface area (Å²) in [6.07, 6.45) is 3.81. The predicted molar refractivity (Wildman–Crippen MR) is 124 cm³/mol. The van der Waals surface area contributed by atoms with Crippen molar-refractivity contribution < 1.29 is 4.79 Å². The van der Waals surface area contributed by atoms with Crippen molar-refractivity contribution in [2.45, 2.75) is 18.9 Å². The summed E-state index contributed by atoms with van der Waals surface area (Å²) >= 11 is 0. The van der Waals surface area contributed by atoms with Crippen molar-refractivity contribution in [3.63, 3.8) is 0 Å². The molecule has 33 heavy (non-hydrogen) atoms. The molecular formula is C25H20N6O2. The van der Waals surface area contributed by atoms with E-state index in [9.17, 15) is 9.59 Å². The first-order valence-corrected chi connectivity index (χ1v) is 10.5. The second-order valence-electron chi connectivity index (χ2n) is 8.07. The lowest BCUT2D eigenvalue weighted by Gasteiger charge is -2.24. The Morgan fingerprint density at radius 3 is 2.67 bits per heavy atom. The van der Waals surface area contributed by atoms with E-state index >= 15 is 0 Å². The molecule has 2 aromatic heterocycles. The molecule has 0 saturated carbocycles. The number of rotatable bonds is 5. The van der Waals surface area contributed by atoms with Gasteiger partial charge in [0.1, 0.15) is 5.54 Å². The van der Waals surface area contributed by atoms with E-state index in [0.717, 1.165) is 27.9 Å². The van der Waals surface area contributed by atoms with Crippen molar-refractivity contribution >= 4 is 28.1 Å². The van der Waals surface area contributed by atoms with Crippen LogP contribution in [-0.4, -0.2) is 27.6 Å². The van der Waals surface area contributed by atoms with E-state index in [0.29, 0.717) is 17.5 Å². The van der Waals surface area contributed by atoms with Gasteiger partial charge in [-0.3, -0.25) is 24.8 Å². The summed E-state index contributed by atoms with van der Waals surface area (Å²) in [6, 6.07) is 18.8. The minimum absolute atomic E-state index is 0.0493. The van der Waals surface area contributed by atoms with Crippen molar-refractivity contribution in [1.82, 2.24) is 20.5 Å². The molecule has 0 aliphatic carbocycles. The largest absolute Gasteiger partial charge is 0.287 e. The summed E-state index contributed by atoms with van der Waals surface area (Å²) in [4.78, 5) is 31.7. The lowest BCUT2D eigenvalue weighted by Crippen LogP contribution is -2.47. The number of nitriles is 1.